The smallest absolute Gasteiger partial charge is 0.251 e. The summed E-state index contributed by atoms with van der Waals surface area (Å²) in [5.41, 5.74) is 1.10. The summed E-state index contributed by atoms with van der Waals surface area (Å²) in [6.07, 6.45) is 1.10. The number of aromatic nitrogens is 1. The van der Waals surface area contributed by atoms with Crippen molar-refractivity contribution in [1.82, 2.24) is 14.6 Å². The summed E-state index contributed by atoms with van der Waals surface area (Å²) < 4.78 is 26.7. The molecule has 6 nitrogen and oxygen atoms in total. The van der Waals surface area contributed by atoms with Crippen molar-refractivity contribution in [2.75, 3.05) is 13.1 Å². The van der Waals surface area contributed by atoms with Crippen molar-refractivity contribution in [2.45, 2.75) is 24.6 Å². The number of rotatable bonds is 5. The topological polar surface area (TPSA) is 79.4 Å². The maximum Gasteiger partial charge on any atom is 0.251 e. The molecule has 0 spiro atoms. The van der Waals surface area contributed by atoms with Gasteiger partial charge in [-0.1, -0.05) is 53.5 Å². The Kier molecular flexibility index (Phi) is 6.37. The van der Waals surface area contributed by atoms with Gasteiger partial charge in [-0.2, -0.15) is 0 Å². The van der Waals surface area contributed by atoms with Crippen molar-refractivity contribution in [3.8, 4) is 0 Å². The van der Waals surface area contributed by atoms with Gasteiger partial charge in [0, 0.05) is 24.7 Å². The second-order valence-electron chi connectivity index (χ2n) is 6.39. The average molecular weight is 428 g/mol. The zero-order valence-electron chi connectivity index (χ0n) is 14.4. The minimum atomic E-state index is -3.37. The Hall–Kier alpha value is -1.67. The third-order valence-electron chi connectivity index (χ3n) is 4.40. The van der Waals surface area contributed by atoms with E-state index in [2.05, 4.69) is 10.3 Å². The van der Waals surface area contributed by atoms with E-state index in [0.717, 1.165) is 5.56 Å². The highest BCUT2D eigenvalue weighted by Crippen LogP contribution is 2.19. The van der Waals surface area contributed by atoms with Crippen LogP contribution in [0.2, 0.25) is 10.3 Å². The molecule has 9 heteroatoms. The molecule has 1 fully saturated rings. The van der Waals surface area contributed by atoms with Crippen molar-refractivity contribution in [3.05, 3.63) is 63.9 Å². The molecule has 1 N–H and O–H groups in total. The molecule has 1 aromatic carbocycles. The number of nitrogens with zero attached hydrogens (tertiary/aromatic N) is 2. The minimum Gasteiger partial charge on any atom is -0.349 e. The molecule has 1 aromatic heterocycles. The highest BCUT2D eigenvalue weighted by Gasteiger charge is 2.29. The fourth-order valence-corrected chi connectivity index (χ4v) is 5.04. The van der Waals surface area contributed by atoms with Crippen molar-refractivity contribution < 1.29 is 13.2 Å². The molecule has 1 amide bonds. The number of pyridine rings is 1. The molecule has 144 valence electrons. The van der Waals surface area contributed by atoms with Gasteiger partial charge in [-0.25, -0.2) is 17.7 Å². The van der Waals surface area contributed by atoms with Crippen LogP contribution >= 0.6 is 23.2 Å². The lowest BCUT2D eigenvalue weighted by Gasteiger charge is -2.31. The number of nitrogens with one attached hydrogen (secondary N) is 1. The normalized spacial score (nSPS) is 16.2. The van der Waals surface area contributed by atoms with Crippen molar-refractivity contribution in [3.63, 3.8) is 0 Å². The first-order valence-corrected chi connectivity index (χ1v) is 10.9. The summed E-state index contributed by atoms with van der Waals surface area (Å²) in [7, 11) is -3.37. The number of carbonyl (C=O) groups excluding carboxylic acids is 1. The number of amides is 1. The number of carbonyl (C=O) groups is 1. The quantitative estimate of drug-likeness (QED) is 0.743. The molecule has 2 heterocycles. The van der Waals surface area contributed by atoms with Gasteiger partial charge in [-0.15, -0.1) is 0 Å². The maximum atomic E-state index is 12.6. The largest absolute Gasteiger partial charge is 0.349 e. The Labute approximate surface area is 168 Å². The first-order valence-electron chi connectivity index (χ1n) is 8.49. The Morgan fingerprint density at radius 2 is 1.70 bits per heavy atom. The SMILES string of the molecule is O=C(NC1CCN(S(=O)(=O)Cc2ccccc2)CC1)c1cc(Cl)nc(Cl)c1. The summed E-state index contributed by atoms with van der Waals surface area (Å²) in [4.78, 5) is 16.2. The van der Waals surface area contributed by atoms with Crippen LogP contribution in [0, 0.1) is 0 Å². The molecule has 0 unspecified atom stereocenters. The molecule has 0 bridgehead atoms. The van der Waals surface area contributed by atoms with Crippen LogP contribution in [0.3, 0.4) is 0 Å². The molecule has 2 aromatic rings. The van der Waals surface area contributed by atoms with Gasteiger partial charge < -0.3 is 5.32 Å². The monoisotopic (exact) mass is 427 g/mol. The van der Waals surface area contributed by atoms with Crippen LogP contribution in [0.1, 0.15) is 28.8 Å². The molecule has 0 radical (unpaired) electrons. The number of hydrogen-bond acceptors (Lipinski definition) is 4. The first-order chi connectivity index (χ1) is 12.8. The zero-order valence-corrected chi connectivity index (χ0v) is 16.8. The predicted molar refractivity (Wildman–Crippen MR) is 105 cm³/mol. The zero-order chi connectivity index (χ0) is 19.4. The third kappa shape index (κ3) is 5.42. The molecular formula is C18H19Cl2N3O3S. The van der Waals surface area contributed by atoms with E-state index in [1.807, 2.05) is 18.2 Å². The lowest BCUT2D eigenvalue weighted by atomic mass is 10.1. The lowest BCUT2D eigenvalue weighted by molar-refractivity contribution is 0.0923. The van der Waals surface area contributed by atoms with Gasteiger partial charge in [0.15, 0.2) is 0 Å². The molecule has 1 saturated heterocycles. The number of sulfonamides is 1. The van der Waals surface area contributed by atoms with E-state index < -0.39 is 10.0 Å². The van der Waals surface area contributed by atoms with Gasteiger partial charge >= 0.3 is 0 Å². The lowest BCUT2D eigenvalue weighted by Crippen LogP contribution is -2.46. The summed E-state index contributed by atoms with van der Waals surface area (Å²) in [5.74, 6) is -0.314. The molecule has 1 aliphatic rings. The maximum absolute atomic E-state index is 12.6. The van der Waals surface area contributed by atoms with Gasteiger partial charge in [0.05, 0.1) is 5.75 Å². The Morgan fingerprint density at radius 3 is 2.30 bits per heavy atom. The fourth-order valence-electron chi connectivity index (χ4n) is 3.02. The van der Waals surface area contributed by atoms with E-state index in [0.29, 0.717) is 31.5 Å². The summed E-state index contributed by atoms with van der Waals surface area (Å²) in [6, 6.07) is 11.9. The summed E-state index contributed by atoms with van der Waals surface area (Å²) in [6.45, 7) is 0.746. The predicted octanol–water partition coefficient (Wildman–Crippen LogP) is 3.11. The molecule has 27 heavy (non-hydrogen) atoms. The third-order valence-corrected chi connectivity index (χ3v) is 6.64. The molecule has 0 aliphatic carbocycles. The van der Waals surface area contributed by atoms with E-state index >= 15 is 0 Å². The number of halogens is 2. The van der Waals surface area contributed by atoms with E-state index in [1.54, 1.807) is 12.1 Å². The van der Waals surface area contributed by atoms with Crippen molar-refractivity contribution in [2.24, 2.45) is 0 Å². The van der Waals surface area contributed by atoms with Crippen LogP contribution < -0.4 is 5.32 Å². The molecule has 0 atom stereocenters. The van der Waals surface area contributed by atoms with Crippen molar-refractivity contribution in [1.29, 1.82) is 0 Å². The van der Waals surface area contributed by atoms with Crippen LogP contribution in [0.15, 0.2) is 42.5 Å². The Morgan fingerprint density at radius 1 is 1.11 bits per heavy atom. The van der Waals surface area contributed by atoms with E-state index in [-0.39, 0.29) is 28.0 Å². The van der Waals surface area contributed by atoms with Crippen LogP contribution in [-0.4, -0.2) is 42.7 Å². The Bertz CT molecular complexity index is 894. The molecular weight excluding hydrogens is 409 g/mol. The summed E-state index contributed by atoms with van der Waals surface area (Å²) >= 11 is 11.6. The van der Waals surface area contributed by atoms with Gasteiger partial charge in [0.1, 0.15) is 10.3 Å². The van der Waals surface area contributed by atoms with Gasteiger partial charge in [0.2, 0.25) is 10.0 Å². The second-order valence-corrected chi connectivity index (χ2v) is 9.13. The Balaban J connectivity index is 1.56. The fraction of sp³-hybridized carbons (Fsp3) is 0.333. The van der Waals surface area contributed by atoms with Gasteiger partial charge in [-0.3, -0.25) is 4.79 Å². The number of benzene rings is 1. The minimum absolute atomic E-state index is 0.0150. The van der Waals surface area contributed by atoms with E-state index in [1.165, 1.54) is 16.4 Å². The number of hydrogen-bond donors (Lipinski definition) is 1. The summed E-state index contributed by atoms with van der Waals surface area (Å²) in [5, 5.41) is 3.20. The van der Waals surface area contributed by atoms with Crippen LogP contribution in [0.5, 0.6) is 0 Å². The highest BCUT2D eigenvalue weighted by molar-refractivity contribution is 7.88. The second kappa shape index (κ2) is 8.56. The van der Waals surface area contributed by atoms with Gasteiger partial charge in [0.25, 0.3) is 5.91 Å². The number of piperidine rings is 1. The highest BCUT2D eigenvalue weighted by atomic mass is 35.5. The molecule has 3 rings (SSSR count). The van der Waals surface area contributed by atoms with Crippen LogP contribution in [0.4, 0.5) is 0 Å². The van der Waals surface area contributed by atoms with Crippen LogP contribution in [-0.2, 0) is 15.8 Å². The standard InChI is InChI=1S/C18H19Cl2N3O3S/c19-16-10-14(11-17(20)22-16)18(24)21-15-6-8-23(9-7-15)27(25,26)12-13-4-2-1-3-5-13/h1-5,10-11,15H,6-9,12H2,(H,21,24). The average Bonchev–Trinajstić information content (AvgIpc) is 2.62. The van der Waals surface area contributed by atoms with E-state index in [9.17, 15) is 13.2 Å². The van der Waals surface area contributed by atoms with Crippen molar-refractivity contribution >= 4 is 39.1 Å². The van der Waals surface area contributed by atoms with Crippen LogP contribution in [0.25, 0.3) is 0 Å². The molecule has 1 aliphatic heterocycles. The molecule has 0 saturated carbocycles. The van der Waals surface area contributed by atoms with Gasteiger partial charge in [-0.05, 0) is 30.5 Å². The first kappa shape index (κ1) is 20.1. The van der Waals surface area contributed by atoms with E-state index in [4.69, 9.17) is 23.2 Å².